The maximum atomic E-state index is 11.1. The number of hydrogen-bond donors (Lipinski definition) is 1. The number of anilines is 1. The summed E-state index contributed by atoms with van der Waals surface area (Å²) in [5, 5.41) is 10.0. The van der Waals surface area contributed by atoms with Crippen LogP contribution in [0.2, 0.25) is 0 Å². The summed E-state index contributed by atoms with van der Waals surface area (Å²) in [4.78, 5) is 23.6. The van der Waals surface area contributed by atoms with Crippen LogP contribution in [0.4, 0.5) is 5.82 Å². The van der Waals surface area contributed by atoms with Gasteiger partial charge in [-0.25, -0.2) is 9.97 Å². The second-order valence-corrected chi connectivity index (χ2v) is 7.39. The molecule has 1 N–H and O–H groups in total. The van der Waals surface area contributed by atoms with E-state index in [4.69, 9.17) is 5.11 Å². The van der Waals surface area contributed by atoms with Crippen molar-refractivity contribution >= 4 is 49.3 Å². The molecule has 0 aliphatic rings. The van der Waals surface area contributed by atoms with Crippen molar-refractivity contribution < 1.29 is 9.90 Å². The predicted octanol–water partition coefficient (Wildman–Crippen LogP) is 4.20. The molecule has 0 radical (unpaired) electrons. The van der Waals surface area contributed by atoms with Crippen molar-refractivity contribution in [2.45, 2.75) is 13.3 Å². The van der Waals surface area contributed by atoms with Crippen molar-refractivity contribution in [3.05, 3.63) is 39.9 Å². The summed E-state index contributed by atoms with van der Waals surface area (Å²) >= 11 is 5.10. The molecule has 0 aliphatic heterocycles. The highest BCUT2D eigenvalue weighted by Crippen LogP contribution is 2.42. The first-order valence-corrected chi connectivity index (χ1v) is 9.07. The van der Waals surface area contributed by atoms with Gasteiger partial charge in [-0.15, -0.1) is 11.3 Å². The van der Waals surface area contributed by atoms with Crippen LogP contribution in [-0.2, 0) is 11.2 Å². The van der Waals surface area contributed by atoms with E-state index in [2.05, 4.69) is 45.0 Å². The highest BCUT2D eigenvalue weighted by atomic mass is 79.9. The number of rotatable bonds is 5. The van der Waals surface area contributed by atoms with Crippen LogP contribution >= 0.6 is 27.3 Å². The third-order valence-corrected chi connectivity index (χ3v) is 5.50. The van der Waals surface area contributed by atoms with Gasteiger partial charge in [0.25, 0.3) is 0 Å². The molecule has 0 saturated heterocycles. The van der Waals surface area contributed by atoms with E-state index in [-0.39, 0.29) is 6.54 Å². The average molecular weight is 406 g/mol. The van der Waals surface area contributed by atoms with E-state index in [0.717, 1.165) is 32.2 Å². The summed E-state index contributed by atoms with van der Waals surface area (Å²) in [7, 11) is 1.74. The molecule has 5 nitrogen and oxygen atoms in total. The van der Waals surface area contributed by atoms with E-state index in [1.165, 1.54) is 11.2 Å². The molecular weight excluding hydrogens is 390 g/mol. The molecule has 2 heterocycles. The third-order valence-electron chi connectivity index (χ3n) is 3.73. The molecular formula is C17H16BrN3O2S. The lowest BCUT2D eigenvalue weighted by Crippen LogP contribution is -2.26. The number of fused-ring (bicyclic) bond motifs is 1. The summed E-state index contributed by atoms with van der Waals surface area (Å²) in [5.41, 5.74) is 2.18. The maximum Gasteiger partial charge on any atom is 0.323 e. The summed E-state index contributed by atoms with van der Waals surface area (Å²) in [6.45, 7) is 2.00. The lowest BCUT2D eigenvalue weighted by molar-refractivity contribution is -0.135. The topological polar surface area (TPSA) is 66.3 Å². The molecule has 0 aliphatic carbocycles. The van der Waals surface area contributed by atoms with Crippen molar-refractivity contribution in [3.8, 4) is 11.1 Å². The second kappa shape index (κ2) is 6.86. The maximum absolute atomic E-state index is 11.1. The largest absolute Gasteiger partial charge is 0.480 e. The van der Waals surface area contributed by atoms with Gasteiger partial charge in [0.15, 0.2) is 0 Å². The first-order chi connectivity index (χ1) is 11.5. The Morgan fingerprint density at radius 1 is 1.29 bits per heavy atom. The van der Waals surface area contributed by atoms with Crippen LogP contribution in [0, 0.1) is 0 Å². The average Bonchev–Trinajstić information content (AvgIpc) is 2.93. The Morgan fingerprint density at radius 3 is 2.62 bits per heavy atom. The standard InChI is InChI=1S/C17H16BrN3O2S/c1-3-12-14(10-4-6-11(18)7-5-10)15-16(21(2)8-13(22)23)19-9-20-17(15)24-12/h4-7,9H,3,8H2,1-2H3,(H,22,23). The number of halogens is 1. The summed E-state index contributed by atoms with van der Waals surface area (Å²) < 4.78 is 1.02. The van der Waals surface area contributed by atoms with Crippen LogP contribution < -0.4 is 4.90 Å². The van der Waals surface area contributed by atoms with Gasteiger partial charge in [-0.05, 0) is 24.1 Å². The summed E-state index contributed by atoms with van der Waals surface area (Å²) in [6, 6.07) is 8.11. The van der Waals surface area contributed by atoms with Gasteiger partial charge < -0.3 is 10.0 Å². The molecule has 0 amide bonds. The molecule has 3 rings (SSSR count). The highest BCUT2D eigenvalue weighted by molar-refractivity contribution is 9.10. The first kappa shape index (κ1) is 16.9. The number of benzene rings is 1. The minimum Gasteiger partial charge on any atom is -0.480 e. The summed E-state index contributed by atoms with van der Waals surface area (Å²) in [5.74, 6) is -0.239. The van der Waals surface area contributed by atoms with E-state index < -0.39 is 5.97 Å². The molecule has 24 heavy (non-hydrogen) atoms. The number of hydrogen-bond acceptors (Lipinski definition) is 5. The van der Waals surface area contributed by atoms with Crippen molar-refractivity contribution in [1.82, 2.24) is 9.97 Å². The van der Waals surface area contributed by atoms with Crippen LogP contribution in [0.25, 0.3) is 21.3 Å². The lowest BCUT2D eigenvalue weighted by atomic mass is 10.0. The zero-order valence-electron chi connectivity index (χ0n) is 13.3. The minimum atomic E-state index is -0.889. The van der Waals surface area contributed by atoms with Gasteiger partial charge in [0.1, 0.15) is 23.5 Å². The first-order valence-electron chi connectivity index (χ1n) is 7.46. The highest BCUT2D eigenvalue weighted by Gasteiger charge is 2.20. The number of aryl methyl sites for hydroxylation is 1. The Morgan fingerprint density at radius 2 is 2.00 bits per heavy atom. The number of thiophene rings is 1. The molecule has 0 fully saturated rings. The van der Waals surface area contributed by atoms with Crippen LogP contribution in [0.3, 0.4) is 0 Å². The van der Waals surface area contributed by atoms with E-state index in [1.807, 2.05) is 12.1 Å². The number of aliphatic carboxylic acids is 1. The molecule has 0 unspecified atom stereocenters. The molecule has 1 aromatic carbocycles. The zero-order valence-corrected chi connectivity index (χ0v) is 15.7. The number of likely N-dealkylation sites (N-methyl/N-ethyl adjacent to an activating group) is 1. The van der Waals surface area contributed by atoms with Crippen molar-refractivity contribution in [2.24, 2.45) is 0 Å². The van der Waals surface area contributed by atoms with Crippen LogP contribution in [0.1, 0.15) is 11.8 Å². The SMILES string of the molecule is CCc1sc2ncnc(N(C)CC(=O)O)c2c1-c1ccc(Br)cc1. The van der Waals surface area contributed by atoms with Gasteiger partial charge in [-0.1, -0.05) is 35.0 Å². The molecule has 3 aromatic rings. The van der Waals surface area contributed by atoms with Gasteiger partial charge in [-0.2, -0.15) is 0 Å². The molecule has 0 saturated carbocycles. The van der Waals surface area contributed by atoms with Gasteiger partial charge in [0, 0.05) is 22.0 Å². The molecule has 0 atom stereocenters. The number of nitrogens with zero attached hydrogens (tertiary/aromatic N) is 3. The Balaban J connectivity index is 2.26. The fraction of sp³-hybridized carbons (Fsp3) is 0.235. The number of carboxylic acids is 1. The van der Waals surface area contributed by atoms with Crippen molar-refractivity contribution in [1.29, 1.82) is 0 Å². The van der Waals surface area contributed by atoms with Gasteiger partial charge >= 0.3 is 5.97 Å². The van der Waals surface area contributed by atoms with E-state index in [1.54, 1.807) is 23.3 Å². The van der Waals surface area contributed by atoms with Gasteiger partial charge in [0.2, 0.25) is 0 Å². The quantitative estimate of drug-likeness (QED) is 0.688. The molecule has 2 aromatic heterocycles. The third kappa shape index (κ3) is 3.14. The van der Waals surface area contributed by atoms with Crippen molar-refractivity contribution in [3.63, 3.8) is 0 Å². The Bertz CT molecular complexity index is 893. The Kier molecular flexibility index (Phi) is 4.82. The minimum absolute atomic E-state index is 0.108. The van der Waals surface area contributed by atoms with Gasteiger partial charge in [0.05, 0.1) is 5.39 Å². The Labute approximate surface area is 152 Å². The van der Waals surface area contributed by atoms with Crippen LogP contribution in [0.15, 0.2) is 35.1 Å². The molecule has 0 bridgehead atoms. The van der Waals surface area contributed by atoms with Gasteiger partial charge in [-0.3, -0.25) is 4.79 Å². The monoisotopic (exact) mass is 405 g/mol. The zero-order chi connectivity index (χ0) is 17.3. The fourth-order valence-electron chi connectivity index (χ4n) is 2.70. The van der Waals surface area contributed by atoms with E-state index in [0.29, 0.717) is 5.82 Å². The molecule has 7 heteroatoms. The lowest BCUT2D eigenvalue weighted by Gasteiger charge is -2.17. The van der Waals surface area contributed by atoms with Crippen LogP contribution in [0.5, 0.6) is 0 Å². The fourth-order valence-corrected chi connectivity index (χ4v) is 4.06. The summed E-state index contributed by atoms with van der Waals surface area (Å²) in [6.07, 6.45) is 2.38. The number of aromatic nitrogens is 2. The van der Waals surface area contributed by atoms with E-state index in [9.17, 15) is 4.79 Å². The van der Waals surface area contributed by atoms with Crippen molar-refractivity contribution in [2.75, 3.05) is 18.5 Å². The Hall–Kier alpha value is -1.99. The number of carboxylic acid groups (broad SMARTS) is 1. The van der Waals surface area contributed by atoms with E-state index >= 15 is 0 Å². The normalized spacial score (nSPS) is 11.0. The smallest absolute Gasteiger partial charge is 0.323 e. The number of carbonyl (C=O) groups is 1. The molecule has 124 valence electrons. The van der Waals surface area contributed by atoms with Crippen LogP contribution in [-0.4, -0.2) is 34.6 Å². The second-order valence-electron chi connectivity index (χ2n) is 5.39. The predicted molar refractivity (Wildman–Crippen MR) is 101 cm³/mol. The molecule has 0 spiro atoms.